The van der Waals surface area contributed by atoms with Crippen LogP contribution >= 0.6 is 0 Å². The van der Waals surface area contributed by atoms with Crippen LogP contribution in [0.1, 0.15) is 17.5 Å². The van der Waals surface area contributed by atoms with E-state index in [1.54, 1.807) is 13.3 Å². The number of β-amino-alcohol motifs (C(OH)–C–C–N with tert-alkyl or cyclic N) is 1. The van der Waals surface area contributed by atoms with Crippen LogP contribution < -0.4 is 15.0 Å². The number of fused-ring (bicyclic) bond motifs is 2. The van der Waals surface area contributed by atoms with E-state index in [9.17, 15) is 9.90 Å². The van der Waals surface area contributed by atoms with E-state index in [-0.39, 0.29) is 11.9 Å². The zero-order chi connectivity index (χ0) is 23.2. The van der Waals surface area contributed by atoms with Crippen molar-refractivity contribution in [3.05, 3.63) is 66.1 Å². The number of rotatable bonds is 5. The summed E-state index contributed by atoms with van der Waals surface area (Å²) < 4.78 is 7.60. The molecule has 1 saturated heterocycles. The van der Waals surface area contributed by atoms with Gasteiger partial charge in [-0.3, -0.25) is 4.79 Å². The highest BCUT2D eigenvalue weighted by Crippen LogP contribution is 2.35. The highest BCUT2D eigenvalue weighted by atomic mass is 16.5. The van der Waals surface area contributed by atoms with E-state index in [1.165, 1.54) is 0 Å². The Kier molecular flexibility index (Phi) is 4.95. The first kappa shape index (κ1) is 20.7. The van der Waals surface area contributed by atoms with Crippen molar-refractivity contribution in [1.29, 1.82) is 0 Å². The average molecular weight is 456 g/mol. The Morgan fingerprint density at radius 1 is 1.15 bits per heavy atom. The Labute approximate surface area is 196 Å². The van der Waals surface area contributed by atoms with Gasteiger partial charge in [0.05, 0.1) is 24.6 Å². The number of carbonyl (C=O) groups is 1. The molecule has 0 amide bonds. The van der Waals surface area contributed by atoms with Gasteiger partial charge in [-0.2, -0.15) is 0 Å². The van der Waals surface area contributed by atoms with E-state index < -0.39 is 0 Å². The number of anilines is 3. The topological polar surface area (TPSA) is 92.0 Å². The summed E-state index contributed by atoms with van der Waals surface area (Å²) in [6, 6.07) is 12.0. The molecule has 4 aromatic rings. The molecule has 0 saturated carbocycles. The zero-order valence-corrected chi connectivity index (χ0v) is 18.9. The van der Waals surface area contributed by atoms with Crippen LogP contribution in [0, 0.1) is 0 Å². The lowest BCUT2D eigenvalue weighted by molar-refractivity contribution is -0.117. The SMILES string of the molecule is COc1cc(Nc2nc(-c3ccc4c(c3)CC(=O)C4)cn3ccnc23)ccc1N1CC[C@@H](O)C1. The van der Waals surface area contributed by atoms with Crippen molar-refractivity contribution in [3.8, 4) is 17.0 Å². The lowest BCUT2D eigenvalue weighted by Crippen LogP contribution is -2.21. The van der Waals surface area contributed by atoms with Crippen LogP contribution in [-0.2, 0) is 17.6 Å². The van der Waals surface area contributed by atoms with Crippen molar-refractivity contribution < 1.29 is 14.6 Å². The molecule has 172 valence electrons. The Morgan fingerprint density at radius 3 is 2.85 bits per heavy atom. The lowest BCUT2D eigenvalue weighted by atomic mass is 10.0. The van der Waals surface area contributed by atoms with Gasteiger partial charge in [0, 0.05) is 61.8 Å². The molecular weight excluding hydrogens is 430 g/mol. The predicted octanol–water partition coefficient (Wildman–Crippen LogP) is 3.39. The maximum Gasteiger partial charge on any atom is 0.180 e. The van der Waals surface area contributed by atoms with Crippen LogP contribution in [-0.4, -0.2) is 51.6 Å². The van der Waals surface area contributed by atoms with E-state index in [0.717, 1.165) is 52.5 Å². The molecule has 2 aliphatic rings. The highest BCUT2D eigenvalue weighted by Gasteiger charge is 2.23. The van der Waals surface area contributed by atoms with Crippen LogP contribution in [0.2, 0.25) is 0 Å². The maximum atomic E-state index is 11.9. The first-order valence-electron chi connectivity index (χ1n) is 11.4. The largest absolute Gasteiger partial charge is 0.495 e. The standard InChI is InChI=1S/C26H25N5O3/c1-34-24-13-19(4-5-23(24)30-8-6-20(32)14-30)28-25-26-27-7-9-31(26)15-22(29-25)17-3-2-16-11-21(33)12-18(16)10-17/h2-5,7,9-10,13,15,20,32H,6,8,11-12,14H2,1H3,(H,28,29)/t20-/m1/s1. The molecule has 3 heterocycles. The molecule has 1 aliphatic carbocycles. The van der Waals surface area contributed by atoms with Gasteiger partial charge in [-0.1, -0.05) is 12.1 Å². The maximum absolute atomic E-state index is 11.9. The Hall–Kier alpha value is -3.91. The lowest BCUT2D eigenvalue weighted by Gasteiger charge is -2.21. The monoisotopic (exact) mass is 455 g/mol. The minimum Gasteiger partial charge on any atom is -0.495 e. The Morgan fingerprint density at radius 2 is 2.03 bits per heavy atom. The first-order valence-corrected chi connectivity index (χ1v) is 11.4. The minimum atomic E-state index is -0.305. The number of benzene rings is 2. The minimum absolute atomic E-state index is 0.258. The number of nitrogens with zero attached hydrogens (tertiary/aromatic N) is 4. The van der Waals surface area contributed by atoms with Gasteiger partial charge in [0.15, 0.2) is 11.5 Å². The Bertz CT molecular complexity index is 1410. The molecule has 2 aromatic carbocycles. The van der Waals surface area contributed by atoms with Crippen molar-refractivity contribution >= 4 is 28.6 Å². The van der Waals surface area contributed by atoms with Gasteiger partial charge in [0.2, 0.25) is 0 Å². The quantitative estimate of drug-likeness (QED) is 0.477. The number of methoxy groups -OCH3 is 1. The van der Waals surface area contributed by atoms with E-state index >= 15 is 0 Å². The molecule has 1 aliphatic heterocycles. The molecule has 1 atom stereocenters. The van der Waals surface area contributed by atoms with E-state index in [1.807, 2.05) is 47.1 Å². The van der Waals surface area contributed by atoms with Crippen LogP contribution in [0.25, 0.3) is 16.9 Å². The summed E-state index contributed by atoms with van der Waals surface area (Å²) in [4.78, 5) is 23.4. The molecule has 2 aromatic heterocycles. The normalized spacial score (nSPS) is 17.4. The fourth-order valence-corrected chi connectivity index (χ4v) is 4.88. The molecular formula is C26H25N5O3. The highest BCUT2D eigenvalue weighted by molar-refractivity contribution is 5.88. The van der Waals surface area contributed by atoms with Gasteiger partial charge in [0.25, 0.3) is 0 Å². The molecule has 0 spiro atoms. The summed E-state index contributed by atoms with van der Waals surface area (Å²) in [5.41, 5.74) is 6.45. The van der Waals surface area contributed by atoms with Crippen molar-refractivity contribution in [3.63, 3.8) is 0 Å². The fraction of sp³-hybridized carbons (Fsp3) is 0.269. The molecule has 8 nitrogen and oxygen atoms in total. The van der Waals surface area contributed by atoms with E-state index in [4.69, 9.17) is 9.72 Å². The molecule has 6 rings (SSSR count). The molecule has 1 fully saturated rings. The number of carbonyl (C=O) groups excluding carboxylic acids is 1. The van der Waals surface area contributed by atoms with Gasteiger partial charge in [0.1, 0.15) is 11.5 Å². The third kappa shape index (κ3) is 3.66. The molecule has 2 N–H and O–H groups in total. The second-order valence-corrected chi connectivity index (χ2v) is 8.91. The number of aliphatic hydroxyl groups excluding tert-OH is 1. The van der Waals surface area contributed by atoms with Crippen molar-refractivity contribution in [2.45, 2.75) is 25.4 Å². The van der Waals surface area contributed by atoms with Gasteiger partial charge in [-0.05, 0) is 35.7 Å². The summed E-state index contributed by atoms with van der Waals surface area (Å²) >= 11 is 0. The molecule has 8 heteroatoms. The van der Waals surface area contributed by atoms with Gasteiger partial charge < -0.3 is 24.5 Å². The smallest absolute Gasteiger partial charge is 0.180 e. The third-order valence-electron chi connectivity index (χ3n) is 6.60. The number of hydrogen-bond acceptors (Lipinski definition) is 7. The fourth-order valence-electron chi connectivity index (χ4n) is 4.88. The number of aliphatic hydroxyl groups is 1. The van der Waals surface area contributed by atoms with E-state index in [0.29, 0.717) is 30.9 Å². The third-order valence-corrected chi connectivity index (χ3v) is 6.60. The number of imidazole rings is 1. The summed E-state index contributed by atoms with van der Waals surface area (Å²) in [7, 11) is 1.65. The van der Waals surface area contributed by atoms with Gasteiger partial charge in [-0.15, -0.1) is 0 Å². The average Bonchev–Trinajstić information content (AvgIpc) is 3.57. The van der Waals surface area contributed by atoms with Crippen LogP contribution in [0.15, 0.2) is 55.0 Å². The number of nitrogens with one attached hydrogen (secondary N) is 1. The van der Waals surface area contributed by atoms with E-state index in [2.05, 4.69) is 21.3 Å². The summed E-state index contributed by atoms with van der Waals surface area (Å²) in [5, 5.41) is 13.3. The summed E-state index contributed by atoms with van der Waals surface area (Å²) in [5.74, 6) is 1.62. The van der Waals surface area contributed by atoms with Crippen LogP contribution in [0.5, 0.6) is 5.75 Å². The zero-order valence-electron chi connectivity index (χ0n) is 18.9. The molecule has 0 radical (unpaired) electrons. The van der Waals surface area contributed by atoms with Crippen molar-refractivity contribution in [2.75, 3.05) is 30.4 Å². The second-order valence-electron chi connectivity index (χ2n) is 8.91. The molecule has 0 bridgehead atoms. The van der Waals surface area contributed by atoms with Crippen LogP contribution in [0.3, 0.4) is 0 Å². The summed E-state index contributed by atoms with van der Waals surface area (Å²) in [6.45, 7) is 1.41. The number of ether oxygens (including phenoxy) is 1. The Balaban J connectivity index is 1.35. The van der Waals surface area contributed by atoms with Gasteiger partial charge in [-0.25, -0.2) is 9.97 Å². The molecule has 0 unspecified atom stereocenters. The number of aromatic nitrogens is 3. The second kappa shape index (κ2) is 8.14. The van der Waals surface area contributed by atoms with Crippen molar-refractivity contribution in [1.82, 2.24) is 14.4 Å². The number of Topliss-reactive ketones (excluding diaryl/α,β-unsaturated/α-hetero) is 1. The van der Waals surface area contributed by atoms with Crippen molar-refractivity contribution in [2.24, 2.45) is 0 Å². The predicted molar refractivity (Wildman–Crippen MR) is 130 cm³/mol. The first-order chi connectivity index (χ1) is 16.6. The van der Waals surface area contributed by atoms with Crippen LogP contribution in [0.4, 0.5) is 17.2 Å². The number of hydrogen-bond donors (Lipinski definition) is 2. The summed E-state index contributed by atoms with van der Waals surface area (Å²) in [6.07, 6.45) is 7.05. The van der Waals surface area contributed by atoms with Gasteiger partial charge >= 0.3 is 0 Å². The number of ketones is 1. The molecule has 34 heavy (non-hydrogen) atoms.